The van der Waals surface area contributed by atoms with Gasteiger partial charge in [-0.15, -0.1) is 0 Å². The lowest BCUT2D eigenvalue weighted by atomic mass is 10.3. The third kappa shape index (κ3) is 4.83. The molecule has 9 nitrogen and oxygen atoms in total. The Labute approximate surface area is 199 Å². The highest BCUT2D eigenvalue weighted by Crippen LogP contribution is 2.28. The van der Waals surface area contributed by atoms with Gasteiger partial charge >= 0.3 is 0 Å². The number of imidazole rings is 2. The van der Waals surface area contributed by atoms with E-state index in [9.17, 15) is 8.42 Å². The highest BCUT2D eigenvalue weighted by atomic mass is 32.2. The summed E-state index contributed by atoms with van der Waals surface area (Å²) in [7, 11) is -1.86. The molecule has 3 heterocycles. The Morgan fingerprint density at radius 1 is 1.15 bits per heavy atom. The molecule has 0 bridgehead atoms. The van der Waals surface area contributed by atoms with Crippen molar-refractivity contribution in [1.82, 2.24) is 23.4 Å². The molecule has 1 aliphatic rings. The Morgan fingerprint density at radius 3 is 2.61 bits per heavy atom. The quantitative estimate of drug-likeness (QED) is 0.423. The van der Waals surface area contributed by atoms with Crippen LogP contribution in [0.15, 0.2) is 28.3 Å². The molecule has 1 saturated heterocycles. The fourth-order valence-electron chi connectivity index (χ4n) is 4.03. The second-order valence-electron chi connectivity index (χ2n) is 7.94. The van der Waals surface area contributed by atoms with Crippen LogP contribution in [-0.2, 0) is 38.3 Å². The Bertz CT molecular complexity index is 1230. The molecule has 0 spiro atoms. The number of fused-ring (bicyclic) bond motifs is 1. The fraction of sp³-hybridized carbons (Fsp3) is 0.545. The summed E-state index contributed by atoms with van der Waals surface area (Å²) in [5.41, 5.74) is 3.77. The lowest BCUT2D eigenvalue weighted by molar-refractivity contribution is 0.0730. The second-order valence-corrected chi connectivity index (χ2v) is 10.8. The smallest absolute Gasteiger partial charge is 0.243 e. The minimum atomic E-state index is -3.56. The number of ether oxygens (including phenoxy) is 2. The number of rotatable bonds is 9. The van der Waals surface area contributed by atoms with Gasteiger partial charge in [-0.1, -0.05) is 11.8 Å². The molecule has 1 fully saturated rings. The molecule has 33 heavy (non-hydrogen) atoms. The van der Waals surface area contributed by atoms with Crippen molar-refractivity contribution in [2.75, 3.05) is 40.0 Å². The summed E-state index contributed by atoms with van der Waals surface area (Å²) in [5.74, 6) is 1.53. The third-order valence-electron chi connectivity index (χ3n) is 5.99. The van der Waals surface area contributed by atoms with Crippen LogP contribution in [0.4, 0.5) is 0 Å². The maximum Gasteiger partial charge on any atom is 0.243 e. The Balaban J connectivity index is 1.61. The van der Waals surface area contributed by atoms with Crippen LogP contribution in [0.5, 0.6) is 0 Å². The molecule has 4 rings (SSSR count). The molecule has 0 amide bonds. The van der Waals surface area contributed by atoms with E-state index in [0.29, 0.717) is 44.2 Å². The predicted molar refractivity (Wildman–Crippen MR) is 128 cm³/mol. The molecule has 0 unspecified atom stereocenters. The van der Waals surface area contributed by atoms with Crippen molar-refractivity contribution in [2.24, 2.45) is 0 Å². The zero-order chi connectivity index (χ0) is 23.6. The first-order chi connectivity index (χ1) is 15.9. The number of hydrogen-bond donors (Lipinski definition) is 0. The van der Waals surface area contributed by atoms with E-state index in [4.69, 9.17) is 19.4 Å². The summed E-state index contributed by atoms with van der Waals surface area (Å²) < 4.78 is 42.5. The van der Waals surface area contributed by atoms with Gasteiger partial charge in [-0.05, 0) is 39.0 Å². The second kappa shape index (κ2) is 10.1. The standard InChI is InChI=1S/C22H31N5O4S2/c1-5-26-20-7-6-18(33(28,29)25-8-12-31-13-9-25)14-19(20)24-21(26)15-32-22-23-16(2)17(3)27(22)10-11-30-4/h6-7,14H,5,8-13,15H2,1-4H3. The van der Waals surface area contributed by atoms with Crippen LogP contribution in [0.2, 0.25) is 0 Å². The normalized spacial score (nSPS) is 15.5. The first-order valence-electron chi connectivity index (χ1n) is 11.1. The van der Waals surface area contributed by atoms with Gasteiger partial charge in [-0.3, -0.25) is 0 Å². The van der Waals surface area contributed by atoms with E-state index in [1.54, 1.807) is 31.0 Å². The first-order valence-corrected chi connectivity index (χ1v) is 13.5. The summed E-state index contributed by atoms with van der Waals surface area (Å²) in [6.45, 7) is 9.87. The van der Waals surface area contributed by atoms with Gasteiger partial charge in [0.25, 0.3) is 0 Å². The number of hydrogen-bond acceptors (Lipinski definition) is 7. The maximum atomic E-state index is 13.1. The van der Waals surface area contributed by atoms with E-state index in [0.717, 1.165) is 41.0 Å². The number of sulfonamides is 1. The zero-order valence-electron chi connectivity index (χ0n) is 19.6. The number of aromatic nitrogens is 4. The van der Waals surface area contributed by atoms with Crippen LogP contribution in [0, 0.1) is 13.8 Å². The minimum absolute atomic E-state index is 0.276. The summed E-state index contributed by atoms with van der Waals surface area (Å²) in [4.78, 5) is 9.81. The fourth-order valence-corrected chi connectivity index (χ4v) is 6.52. The van der Waals surface area contributed by atoms with Gasteiger partial charge in [0.2, 0.25) is 10.0 Å². The number of aryl methyl sites for hydroxylation is 2. The molecule has 11 heteroatoms. The average molecular weight is 494 g/mol. The Morgan fingerprint density at radius 2 is 1.91 bits per heavy atom. The van der Waals surface area contributed by atoms with Crippen molar-refractivity contribution in [2.45, 2.75) is 49.7 Å². The summed E-state index contributed by atoms with van der Waals surface area (Å²) in [6.07, 6.45) is 0. The van der Waals surface area contributed by atoms with Gasteiger partial charge in [-0.25, -0.2) is 18.4 Å². The largest absolute Gasteiger partial charge is 0.383 e. The molecule has 0 radical (unpaired) electrons. The van der Waals surface area contributed by atoms with Gasteiger partial charge in [-0.2, -0.15) is 4.31 Å². The first kappa shape index (κ1) is 24.2. The van der Waals surface area contributed by atoms with Gasteiger partial charge in [0, 0.05) is 39.0 Å². The van der Waals surface area contributed by atoms with E-state index in [1.807, 2.05) is 13.0 Å². The van der Waals surface area contributed by atoms with Crippen LogP contribution in [-0.4, -0.2) is 71.8 Å². The van der Waals surface area contributed by atoms with E-state index < -0.39 is 10.0 Å². The average Bonchev–Trinajstić information content (AvgIpc) is 3.32. The van der Waals surface area contributed by atoms with Gasteiger partial charge in [0.15, 0.2) is 5.16 Å². The molecule has 180 valence electrons. The van der Waals surface area contributed by atoms with Crippen molar-refractivity contribution in [3.8, 4) is 0 Å². The van der Waals surface area contributed by atoms with Crippen molar-refractivity contribution in [3.63, 3.8) is 0 Å². The summed E-state index contributed by atoms with van der Waals surface area (Å²) in [5, 5.41) is 0.937. The lowest BCUT2D eigenvalue weighted by Gasteiger charge is -2.26. The van der Waals surface area contributed by atoms with Crippen LogP contribution in [0.1, 0.15) is 24.1 Å². The van der Waals surface area contributed by atoms with Crippen molar-refractivity contribution in [3.05, 3.63) is 35.4 Å². The third-order valence-corrected chi connectivity index (χ3v) is 8.86. The van der Waals surface area contributed by atoms with Crippen molar-refractivity contribution in [1.29, 1.82) is 0 Å². The number of morpholine rings is 1. The van der Waals surface area contributed by atoms with E-state index in [1.165, 1.54) is 4.31 Å². The SMILES string of the molecule is CCn1c(CSc2nc(C)c(C)n2CCOC)nc2cc(S(=O)(=O)N3CCOCC3)ccc21. The molecule has 3 aromatic rings. The Kier molecular flexibility index (Phi) is 7.44. The topological polar surface area (TPSA) is 91.5 Å². The molecule has 1 aliphatic heterocycles. The Hall–Kier alpha value is -1.92. The summed E-state index contributed by atoms with van der Waals surface area (Å²) >= 11 is 1.64. The molecular weight excluding hydrogens is 462 g/mol. The number of nitrogens with zero attached hydrogens (tertiary/aromatic N) is 5. The van der Waals surface area contributed by atoms with Crippen LogP contribution < -0.4 is 0 Å². The molecule has 2 aromatic heterocycles. The van der Waals surface area contributed by atoms with Crippen LogP contribution in [0.25, 0.3) is 11.0 Å². The van der Waals surface area contributed by atoms with Gasteiger partial charge in [0.1, 0.15) is 5.82 Å². The summed E-state index contributed by atoms with van der Waals surface area (Å²) in [6, 6.07) is 5.23. The monoisotopic (exact) mass is 493 g/mol. The molecule has 0 N–H and O–H groups in total. The molecule has 1 aromatic carbocycles. The minimum Gasteiger partial charge on any atom is -0.383 e. The van der Waals surface area contributed by atoms with Crippen molar-refractivity contribution >= 4 is 32.8 Å². The molecule has 0 aliphatic carbocycles. The highest BCUT2D eigenvalue weighted by Gasteiger charge is 2.27. The number of thioether (sulfide) groups is 1. The lowest BCUT2D eigenvalue weighted by Crippen LogP contribution is -2.40. The predicted octanol–water partition coefficient (Wildman–Crippen LogP) is 2.83. The van der Waals surface area contributed by atoms with E-state index >= 15 is 0 Å². The zero-order valence-corrected chi connectivity index (χ0v) is 21.2. The number of methoxy groups -OCH3 is 1. The highest BCUT2D eigenvalue weighted by molar-refractivity contribution is 7.98. The van der Waals surface area contributed by atoms with E-state index in [2.05, 4.69) is 23.0 Å². The van der Waals surface area contributed by atoms with Crippen LogP contribution >= 0.6 is 11.8 Å². The molecule has 0 atom stereocenters. The van der Waals surface area contributed by atoms with Gasteiger partial charge < -0.3 is 18.6 Å². The van der Waals surface area contributed by atoms with E-state index in [-0.39, 0.29) is 4.90 Å². The molecular formula is C22H31N5O4S2. The molecule has 0 saturated carbocycles. The maximum absolute atomic E-state index is 13.1. The van der Waals surface area contributed by atoms with Gasteiger partial charge in [0.05, 0.1) is 47.2 Å². The van der Waals surface area contributed by atoms with Crippen LogP contribution in [0.3, 0.4) is 0 Å². The number of benzene rings is 1. The van der Waals surface area contributed by atoms with Crippen molar-refractivity contribution < 1.29 is 17.9 Å².